The Balaban J connectivity index is 0.000000834. The van der Waals surface area contributed by atoms with Crippen LogP contribution in [0.3, 0.4) is 0 Å². The van der Waals surface area contributed by atoms with E-state index in [1.165, 1.54) is 63.4 Å². The molecule has 0 N–H and O–H groups in total. The monoisotopic (exact) mass is 579 g/mol. The van der Waals surface area contributed by atoms with Crippen LogP contribution in [0.25, 0.3) is 0 Å². The number of aryl methyl sites for hydroxylation is 1. The number of rotatable bonds is 2. The second-order valence-electron chi connectivity index (χ2n) is 13.2. The van der Waals surface area contributed by atoms with Crippen molar-refractivity contribution in [1.82, 2.24) is 0 Å². The number of hydrogen-bond acceptors (Lipinski definition) is 0. The minimum Gasteiger partial charge on any atom is -0.207 e. The van der Waals surface area contributed by atoms with Crippen molar-refractivity contribution in [2.45, 2.75) is 160 Å². The van der Waals surface area contributed by atoms with Crippen molar-refractivity contribution < 1.29 is 8.78 Å². The third-order valence-corrected chi connectivity index (χ3v) is 10.6. The molecule has 0 amide bonds. The number of fused-ring (bicyclic) bond motifs is 5. The molecule has 0 heterocycles. The number of benzene rings is 1. The van der Waals surface area contributed by atoms with Crippen molar-refractivity contribution in [3.63, 3.8) is 0 Å². The van der Waals surface area contributed by atoms with Gasteiger partial charge in [0, 0.05) is 5.92 Å². The molecule has 4 saturated carbocycles. The zero-order chi connectivity index (χ0) is 31.8. The fraction of sp³-hybridized carbons (Fsp3) is 0.846. The quantitative estimate of drug-likeness (QED) is 0.327. The first kappa shape index (κ1) is 40.1. The Labute approximate surface area is 257 Å². The second-order valence-corrected chi connectivity index (χ2v) is 13.2. The maximum Gasteiger partial charge on any atom is 0.248 e. The summed E-state index contributed by atoms with van der Waals surface area (Å²) >= 11 is 0. The van der Waals surface area contributed by atoms with Gasteiger partial charge < -0.3 is 0 Å². The molecule has 2 heteroatoms. The Morgan fingerprint density at radius 1 is 0.805 bits per heavy atom. The molecule has 9 atom stereocenters. The van der Waals surface area contributed by atoms with Gasteiger partial charge in [0.15, 0.2) is 0 Å². The first-order valence-corrected chi connectivity index (χ1v) is 17.9. The van der Waals surface area contributed by atoms with Crippen molar-refractivity contribution in [2.75, 3.05) is 0 Å². The fourth-order valence-electron chi connectivity index (χ4n) is 8.84. The van der Waals surface area contributed by atoms with Gasteiger partial charge in [0.25, 0.3) is 0 Å². The average molecular weight is 579 g/mol. The highest BCUT2D eigenvalue weighted by atomic mass is 19.3. The molecule has 8 unspecified atom stereocenters. The molecule has 0 saturated heterocycles. The zero-order valence-electron chi connectivity index (χ0n) is 29.8. The van der Waals surface area contributed by atoms with Gasteiger partial charge in [0.05, 0.1) is 0 Å². The maximum atomic E-state index is 14.1. The molecule has 0 bridgehead atoms. The first-order valence-electron chi connectivity index (χ1n) is 17.9. The van der Waals surface area contributed by atoms with Crippen molar-refractivity contribution in [2.24, 2.45) is 52.8 Å². The van der Waals surface area contributed by atoms with Crippen molar-refractivity contribution in [3.05, 3.63) is 35.9 Å². The third-order valence-electron chi connectivity index (χ3n) is 10.6. The lowest BCUT2D eigenvalue weighted by Gasteiger charge is -2.57. The number of hydrogen-bond donors (Lipinski definition) is 0. The normalized spacial score (nSPS) is 33.7. The molecular formula is C39H72F2. The highest BCUT2D eigenvalue weighted by molar-refractivity contribution is 5.11. The van der Waals surface area contributed by atoms with Gasteiger partial charge in [0.2, 0.25) is 5.92 Å². The van der Waals surface area contributed by atoms with E-state index >= 15 is 0 Å². The Bertz CT molecular complexity index is 753. The van der Waals surface area contributed by atoms with Gasteiger partial charge in [-0.3, -0.25) is 0 Å². The Morgan fingerprint density at radius 2 is 1.34 bits per heavy atom. The molecule has 0 aliphatic heterocycles. The highest BCUT2D eigenvalue weighted by Gasteiger charge is 2.59. The number of halogens is 2. The van der Waals surface area contributed by atoms with Crippen LogP contribution in [0, 0.1) is 59.7 Å². The molecule has 5 rings (SSSR count). The zero-order valence-corrected chi connectivity index (χ0v) is 29.8. The molecule has 0 radical (unpaired) electrons. The summed E-state index contributed by atoms with van der Waals surface area (Å²) in [4.78, 5) is 0. The minimum atomic E-state index is -2.53. The van der Waals surface area contributed by atoms with E-state index in [1.807, 2.05) is 66.7 Å². The molecule has 0 spiro atoms. The molecule has 4 fully saturated rings. The summed E-state index contributed by atoms with van der Waals surface area (Å²) in [5.41, 5.74) is 1.50. The summed E-state index contributed by atoms with van der Waals surface area (Å²) in [7, 11) is 0. The predicted molar refractivity (Wildman–Crippen MR) is 181 cm³/mol. The van der Waals surface area contributed by atoms with Crippen LogP contribution in [-0.4, -0.2) is 5.92 Å². The van der Waals surface area contributed by atoms with E-state index in [2.05, 4.69) is 46.8 Å². The van der Waals surface area contributed by atoms with E-state index in [1.54, 1.807) is 0 Å². The molecule has 0 nitrogen and oxygen atoms in total. The van der Waals surface area contributed by atoms with Gasteiger partial charge in [-0.15, -0.1) is 0 Å². The van der Waals surface area contributed by atoms with Gasteiger partial charge in [-0.05, 0) is 112 Å². The van der Waals surface area contributed by atoms with Gasteiger partial charge in [-0.2, -0.15) is 0 Å². The summed E-state index contributed by atoms with van der Waals surface area (Å²) in [6.07, 6.45) is 13.2. The van der Waals surface area contributed by atoms with Crippen molar-refractivity contribution >= 4 is 0 Å². The molecule has 0 aromatic heterocycles. The summed E-state index contributed by atoms with van der Waals surface area (Å²) < 4.78 is 28.2. The standard InChI is InChI=1S/C23H38F2.C7H8.C3H8.3C2H6/c1-14-5-7-17-16(13-14)6-8-19-18(17)11-12-22(3)20(9-10-21(19)22)15(2)23(4,24)25;1-7-5-3-2-4-6-7;1-3-2;3*1-2/h14-21H,5-13H2,1-4H3;2-6H,1H3;3H2,1-2H3;3*1-2H3/t14?,15?,16?,17?,18?,19?,20?,21-,22?;;;;;/m0...../s1. The minimum absolute atomic E-state index is 0.175. The van der Waals surface area contributed by atoms with Crippen molar-refractivity contribution in [1.29, 1.82) is 0 Å². The summed E-state index contributed by atoms with van der Waals surface area (Å²) in [5, 5.41) is 0. The summed E-state index contributed by atoms with van der Waals surface area (Å²) in [6.45, 7) is 26.1. The van der Waals surface area contributed by atoms with Crippen LogP contribution in [0.1, 0.15) is 153 Å². The topological polar surface area (TPSA) is 0 Å². The van der Waals surface area contributed by atoms with Gasteiger partial charge in [-0.25, -0.2) is 8.78 Å². The van der Waals surface area contributed by atoms with Crippen LogP contribution in [-0.2, 0) is 0 Å². The molecule has 1 aromatic rings. The summed E-state index contributed by atoms with van der Waals surface area (Å²) in [6, 6.07) is 10.3. The third kappa shape index (κ3) is 10.9. The van der Waals surface area contributed by atoms with E-state index in [-0.39, 0.29) is 11.3 Å². The van der Waals surface area contributed by atoms with Crippen LogP contribution in [0.5, 0.6) is 0 Å². The Morgan fingerprint density at radius 3 is 1.83 bits per heavy atom. The molecular weight excluding hydrogens is 506 g/mol. The van der Waals surface area contributed by atoms with Crippen LogP contribution in [0.4, 0.5) is 8.78 Å². The highest BCUT2D eigenvalue weighted by Crippen LogP contribution is 2.66. The maximum absolute atomic E-state index is 14.1. The molecule has 1 aromatic carbocycles. The summed E-state index contributed by atoms with van der Waals surface area (Å²) in [5.74, 6) is 2.58. The van der Waals surface area contributed by atoms with E-state index in [4.69, 9.17) is 0 Å². The molecule has 4 aliphatic carbocycles. The van der Waals surface area contributed by atoms with Crippen LogP contribution in [0.15, 0.2) is 30.3 Å². The molecule has 242 valence electrons. The lowest BCUT2D eigenvalue weighted by atomic mass is 9.48. The fourth-order valence-corrected chi connectivity index (χ4v) is 8.84. The van der Waals surface area contributed by atoms with E-state index < -0.39 is 11.8 Å². The van der Waals surface area contributed by atoms with Crippen LogP contribution in [0.2, 0.25) is 0 Å². The SMILES string of the molecule is CC.CC.CC.CC1CCC2C(CCC3C2CCC2(C)C(C(C)C(C)(F)F)CC[C@@H]32)C1.CCC.Cc1ccccc1. The van der Waals surface area contributed by atoms with Gasteiger partial charge >= 0.3 is 0 Å². The smallest absolute Gasteiger partial charge is 0.207 e. The first-order chi connectivity index (χ1) is 19.5. The lowest BCUT2D eigenvalue weighted by Crippen LogP contribution is -2.50. The largest absolute Gasteiger partial charge is 0.248 e. The van der Waals surface area contributed by atoms with E-state index in [9.17, 15) is 8.78 Å². The van der Waals surface area contributed by atoms with E-state index in [0.717, 1.165) is 48.9 Å². The van der Waals surface area contributed by atoms with Gasteiger partial charge in [-0.1, -0.05) is 125 Å². The lowest BCUT2D eigenvalue weighted by molar-refractivity contribution is -0.110. The van der Waals surface area contributed by atoms with Crippen LogP contribution < -0.4 is 0 Å². The average Bonchev–Trinajstić information content (AvgIpc) is 3.33. The van der Waals surface area contributed by atoms with Gasteiger partial charge in [0.1, 0.15) is 0 Å². The van der Waals surface area contributed by atoms with Crippen molar-refractivity contribution in [3.8, 4) is 0 Å². The molecule has 41 heavy (non-hydrogen) atoms. The van der Waals surface area contributed by atoms with E-state index in [0.29, 0.717) is 0 Å². The Kier molecular flexibility index (Phi) is 19.7. The predicted octanol–water partition coefficient (Wildman–Crippen LogP) is 13.7. The molecule has 4 aliphatic rings. The Hall–Kier alpha value is -0.920. The number of alkyl halides is 2. The second kappa shape index (κ2) is 20.1. The van der Waals surface area contributed by atoms with Crippen LogP contribution >= 0.6 is 0 Å².